The molecule has 2 heteroatoms. The summed E-state index contributed by atoms with van der Waals surface area (Å²) in [5, 5.41) is 0. The molecule has 0 saturated carbocycles. The van der Waals surface area contributed by atoms with E-state index in [0.29, 0.717) is 6.04 Å². The molecular weight excluding hydrogens is 184 g/mol. The zero-order valence-corrected chi connectivity index (χ0v) is 11.0. The molecule has 1 rings (SSSR count). The van der Waals surface area contributed by atoms with Crippen LogP contribution in [0.15, 0.2) is 0 Å². The summed E-state index contributed by atoms with van der Waals surface area (Å²) in [5.41, 5.74) is 0. The molecule has 0 N–H and O–H groups in total. The van der Waals surface area contributed by atoms with Crippen molar-refractivity contribution in [3.63, 3.8) is 0 Å². The molecule has 1 aliphatic heterocycles. The first-order valence-corrected chi connectivity index (χ1v) is 6.59. The van der Waals surface area contributed by atoms with Crippen molar-refractivity contribution in [1.29, 1.82) is 0 Å². The maximum absolute atomic E-state index is 2.62. The van der Waals surface area contributed by atoms with Crippen LogP contribution in [0.3, 0.4) is 0 Å². The van der Waals surface area contributed by atoms with Crippen molar-refractivity contribution in [3.05, 3.63) is 0 Å². The second-order valence-electron chi connectivity index (χ2n) is 5.22. The molecule has 1 heterocycles. The predicted octanol–water partition coefficient (Wildman–Crippen LogP) is 2.59. The fourth-order valence-corrected chi connectivity index (χ4v) is 2.40. The molecule has 0 bridgehead atoms. The number of unbranched alkanes of at least 4 members (excludes halogenated alkanes) is 1. The van der Waals surface area contributed by atoms with Gasteiger partial charge in [-0.3, -0.25) is 4.90 Å². The minimum absolute atomic E-state index is 0.715. The molecule has 1 aliphatic rings. The van der Waals surface area contributed by atoms with Crippen molar-refractivity contribution >= 4 is 0 Å². The van der Waals surface area contributed by atoms with E-state index >= 15 is 0 Å². The fourth-order valence-electron chi connectivity index (χ4n) is 2.40. The Morgan fingerprint density at radius 2 is 2.13 bits per heavy atom. The third kappa shape index (κ3) is 4.12. The lowest BCUT2D eigenvalue weighted by Gasteiger charge is -2.39. The summed E-state index contributed by atoms with van der Waals surface area (Å²) in [6, 6.07) is 1.51. The maximum Gasteiger partial charge on any atom is 0.0220 e. The van der Waals surface area contributed by atoms with Gasteiger partial charge in [-0.05, 0) is 53.2 Å². The van der Waals surface area contributed by atoms with Crippen LogP contribution in [0, 0.1) is 0 Å². The van der Waals surface area contributed by atoms with Gasteiger partial charge in [0.25, 0.3) is 0 Å². The average Bonchev–Trinajstić information content (AvgIpc) is 2.26. The van der Waals surface area contributed by atoms with Crippen LogP contribution in [-0.2, 0) is 0 Å². The Kier molecular flexibility index (Phi) is 5.62. The van der Waals surface area contributed by atoms with Gasteiger partial charge in [0, 0.05) is 18.6 Å². The summed E-state index contributed by atoms with van der Waals surface area (Å²) in [6.45, 7) is 10.7. The largest absolute Gasteiger partial charge is 0.302 e. The zero-order chi connectivity index (χ0) is 11.3. The summed E-state index contributed by atoms with van der Waals surface area (Å²) in [5.74, 6) is 0. The molecule has 1 fully saturated rings. The average molecular weight is 212 g/mol. The van der Waals surface area contributed by atoms with Gasteiger partial charge in [-0.1, -0.05) is 13.3 Å². The summed E-state index contributed by atoms with van der Waals surface area (Å²) in [6.07, 6.45) is 5.42. The van der Waals surface area contributed by atoms with Crippen LogP contribution in [0.2, 0.25) is 0 Å². The van der Waals surface area contributed by atoms with E-state index < -0.39 is 0 Å². The Labute approximate surface area is 95.6 Å². The van der Waals surface area contributed by atoms with Gasteiger partial charge in [-0.15, -0.1) is 0 Å². The van der Waals surface area contributed by atoms with Crippen molar-refractivity contribution in [2.45, 2.75) is 58.5 Å². The summed E-state index contributed by atoms with van der Waals surface area (Å²) < 4.78 is 0. The summed E-state index contributed by atoms with van der Waals surface area (Å²) in [7, 11) is 2.30. The highest BCUT2D eigenvalue weighted by Gasteiger charge is 2.23. The number of rotatable bonds is 5. The van der Waals surface area contributed by atoms with E-state index in [1.165, 1.54) is 45.3 Å². The smallest absolute Gasteiger partial charge is 0.0220 e. The lowest BCUT2D eigenvalue weighted by Crippen LogP contribution is -2.48. The van der Waals surface area contributed by atoms with E-state index in [0.717, 1.165) is 6.04 Å². The Balaban J connectivity index is 2.34. The second-order valence-corrected chi connectivity index (χ2v) is 5.22. The quantitative estimate of drug-likeness (QED) is 0.691. The van der Waals surface area contributed by atoms with Crippen molar-refractivity contribution in [1.82, 2.24) is 9.80 Å². The fraction of sp³-hybridized carbons (Fsp3) is 1.00. The van der Waals surface area contributed by atoms with Crippen LogP contribution in [0.5, 0.6) is 0 Å². The number of hydrogen-bond donors (Lipinski definition) is 0. The molecule has 2 nitrogen and oxygen atoms in total. The van der Waals surface area contributed by atoms with Gasteiger partial charge in [0.15, 0.2) is 0 Å². The highest BCUT2D eigenvalue weighted by molar-refractivity contribution is 4.80. The first kappa shape index (κ1) is 13.0. The predicted molar refractivity (Wildman–Crippen MR) is 67.3 cm³/mol. The highest BCUT2D eigenvalue weighted by Crippen LogP contribution is 2.17. The lowest BCUT2D eigenvalue weighted by atomic mass is 10.0. The molecule has 0 aliphatic carbocycles. The second kappa shape index (κ2) is 6.49. The van der Waals surface area contributed by atoms with Crippen LogP contribution in [-0.4, -0.2) is 48.6 Å². The third-order valence-corrected chi connectivity index (χ3v) is 3.65. The van der Waals surface area contributed by atoms with Gasteiger partial charge in [-0.2, -0.15) is 0 Å². The van der Waals surface area contributed by atoms with Gasteiger partial charge >= 0.3 is 0 Å². The molecule has 0 radical (unpaired) electrons. The monoisotopic (exact) mass is 212 g/mol. The number of likely N-dealkylation sites (tertiary alicyclic amines) is 1. The molecule has 0 amide bonds. The van der Waals surface area contributed by atoms with E-state index in [9.17, 15) is 0 Å². The van der Waals surface area contributed by atoms with E-state index in [-0.39, 0.29) is 0 Å². The Bertz CT molecular complexity index is 168. The standard InChI is InChI=1S/C13H28N2/c1-5-6-9-14(4)13-8-7-10-15(11-13)12(2)3/h12-13H,5-11H2,1-4H3. The van der Waals surface area contributed by atoms with Crippen LogP contribution >= 0.6 is 0 Å². The first-order valence-electron chi connectivity index (χ1n) is 6.59. The zero-order valence-electron chi connectivity index (χ0n) is 11.0. The van der Waals surface area contributed by atoms with Gasteiger partial charge < -0.3 is 4.90 Å². The van der Waals surface area contributed by atoms with Crippen LogP contribution in [0.1, 0.15) is 46.5 Å². The molecular formula is C13H28N2. The maximum atomic E-state index is 2.62. The number of hydrogen-bond acceptors (Lipinski definition) is 2. The van der Waals surface area contributed by atoms with E-state index in [2.05, 4.69) is 37.6 Å². The van der Waals surface area contributed by atoms with Gasteiger partial charge in [0.2, 0.25) is 0 Å². The van der Waals surface area contributed by atoms with Crippen molar-refractivity contribution in [2.24, 2.45) is 0 Å². The number of piperidine rings is 1. The topological polar surface area (TPSA) is 6.48 Å². The molecule has 1 unspecified atom stereocenters. The summed E-state index contributed by atoms with van der Waals surface area (Å²) >= 11 is 0. The van der Waals surface area contributed by atoms with Gasteiger partial charge in [-0.25, -0.2) is 0 Å². The van der Waals surface area contributed by atoms with E-state index in [1.807, 2.05) is 0 Å². The molecule has 0 aromatic rings. The first-order chi connectivity index (χ1) is 7.15. The number of nitrogens with zero attached hydrogens (tertiary/aromatic N) is 2. The molecule has 15 heavy (non-hydrogen) atoms. The molecule has 1 atom stereocenters. The lowest BCUT2D eigenvalue weighted by molar-refractivity contribution is 0.0945. The molecule has 1 saturated heterocycles. The van der Waals surface area contributed by atoms with Crippen molar-refractivity contribution in [3.8, 4) is 0 Å². The van der Waals surface area contributed by atoms with E-state index in [4.69, 9.17) is 0 Å². The molecule has 0 spiro atoms. The number of likely N-dealkylation sites (N-methyl/N-ethyl adjacent to an activating group) is 1. The molecule has 0 aromatic heterocycles. The van der Waals surface area contributed by atoms with Crippen LogP contribution in [0.4, 0.5) is 0 Å². The summed E-state index contributed by atoms with van der Waals surface area (Å²) in [4.78, 5) is 5.19. The van der Waals surface area contributed by atoms with Crippen LogP contribution < -0.4 is 0 Å². The normalized spacial score (nSPS) is 24.0. The van der Waals surface area contributed by atoms with E-state index in [1.54, 1.807) is 0 Å². The molecule has 90 valence electrons. The van der Waals surface area contributed by atoms with Gasteiger partial charge in [0.1, 0.15) is 0 Å². The van der Waals surface area contributed by atoms with Crippen molar-refractivity contribution < 1.29 is 0 Å². The molecule has 0 aromatic carbocycles. The minimum atomic E-state index is 0.715. The Morgan fingerprint density at radius 1 is 1.40 bits per heavy atom. The Morgan fingerprint density at radius 3 is 2.73 bits per heavy atom. The van der Waals surface area contributed by atoms with Crippen LogP contribution in [0.25, 0.3) is 0 Å². The Hall–Kier alpha value is -0.0800. The highest BCUT2D eigenvalue weighted by atomic mass is 15.2. The third-order valence-electron chi connectivity index (χ3n) is 3.65. The van der Waals surface area contributed by atoms with Crippen molar-refractivity contribution in [2.75, 3.05) is 26.7 Å². The van der Waals surface area contributed by atoms with Gasteiger partial charge in [0.05, 0.1) is 0 Å². The minimum Gasteiger partial charge on any atom is -0.302 e. The SMILES string of the molecule is CCCCN(C)C1CCCN(C(C)C)C1.